The molecule has 0 spiro atoms. The summed E-state index contributed by atoms with van der Waals surface area (Å²) in [5.74, 6) is 0. The molecule has 0 bridgehead atoms. The van der Waals surface area contributed by atoms with Gasteiger partial charge in [-0.3, -0.25) is 4.90 Å². The van der Waals surface area contributed by atoms with Crippen LogP contribution in [0.25, 0.3) is 0 Å². The fraction of sp³-hybridized carbons (Fsp3) is 0.517. The monoisotopic (exact) mass is 542 g/mol. The molecular formula is C29H42N2O6Si. The van der Waals surface area contributed by atoms with Gasteiger partial charge in [-0.25, -0.2) is 9.59 Å². The molecule has 1 fully saturated rings. The zero-order valence-electron chi connectivity index (χ0n) is 23.6. The molecule has 38 heavy (non-hydrogen) atoms. The number of nitrogens with one attached hydrogen (secondary N) is 1. The van der Waals surface area contributed by atoms with Gasteiger partial charge < -0.3 is 24.3 Å². The second-order valence-corrected chi connectivity index (χ2v) is 15.9. The number of hydrogen-bond donors (Lipinski definition) is 2. The second kappa shape index (κ2) is 11.9. The van der Waals surface area contributed by atoms with Crippen molar-refractivity contribution in [3.63, 3.8) is 0 Å². The fourth-order valence-corrected chi connectivity index (χ4v) is 9.67. The number of hydrogen-bond acceptors (Lipinski definition) is 6. The molecule has 3 rings (SSSR count). The zero-order chi connectivity index (χ0) is 28.1. The Kier molecular flexibility index (Phi) is 9.28. The first-order valence-corrected chi connectivity index (χ1v) is 15.1. The van der Waals surface area contributed by atoms with E-state index in [0.29, 0.717) is 0 Å². The van der Waals surface area contributed by atoms with E-state index in [-0.39, 0.29) is 24.8 Å². The molecule has 2 aromatic carbocycles. The Morgan fingerprint density at radius 3 is 1.95 bits per heavy atom. The predicted octanol–water partition coefficient (Wildman–Crippen LogP) is 3.66. The number of aliphatic hydroxyl groups is 1. The number of ether oxygens (including phenoxy) is 2. The maximum atomic E-state index is 13.2. The summed E-state index contributed by atoms with van der Waals surface area (Å²) in [6.07, 6.45) is -2.24. The molecule has 2 aromatic rings. The molecule has 0 radical (unpaired) electrons. The molecule has 2 amide bonds. The van der Waals surface area contributed by atoms with E-state index in [2.05, 4.69) is 50.4 Å². The lowest BCUT2D eigenvalue weighted by Crippen LogP contribution is -2.68. The summed E-state index contributed by atoms with van der Waals surface area (Å²) in [4.78, 5) is 27.1. The van der Waals surface area contributed by atoms with Crippen LogP contribution in [0.3, 0.4) is 0 Å². The SMILES string of the molecule is CCOC(=O)N[C@@H]1[C@@H](CO[Si](c2ccccc2)(c2ccccc2)C(C)(C)C)N(C(=O)OC(C)(C)C)C[C@@H]1O. The highest BCUT2D eigenvalue weighted by Crippen LogP contribution is 2.37. The number of carbonyl (C=O) groups is 2. The molecule has 1 aliphatic rings. The fourth-order valence-electron chi connectivity index (χ4n) is 5.10. The van der Waals surface area contributed by atoms with Gasteiger partial charge in [-0.05, 0) is 43.1 Å². The average Bonchev–Trinajstić information content (AvgIpc) is 3.14. The van der Waals surface area contributed by atoms with Crippen LogP contribution in [0.15, 0.2) is 60.7 Å². The normalized spacial score (nSPS) is 20.2. The first-order chi connectivity index (χ1) is 17.8. The summed E-state index contributed by atoms with van der Waals surface area (Å²) in [5.41, 5.74) is -0.724. The molecule has 8 nitrogen and oxygen atoms in total. The van der Waals surface area contributed by atoms with Crippen LogP contribution in [0.5, 0.6) is 0 Å². The van der Waals surface area contributed by atoms with Crippen LogP contribution in [0.1, 0.15) is 48.5 Å². The third-order valence-corrected chi connectivity index (χ3v) is 11.7. The van der Waals surface area contributed by atoms with Crippen molar-refractivity contribution in [1.29, 1.82) is 0 Å². The van der Waals surface area contributed by atoms with E-state index in [9.17, 15) is 14.7 Å². The third kappa shape index (κ3) is 6.57. The number of aliphatic hydroxyl groups excluding tert-OH is 1. The Hall–Kier alpha value is -2.88. The standard InChI is InChI=1S/C29H42N2O6Si/c1-8-35-26(33)30-25-23(31(19-24(25)32)27(34)37-28(2,3)4)20-36-38(29(5,6)7,21-15-11-9-12-16-21)22-17-13-10-14-18-22/h9-18,23-25,32H,8,19-20H2,1-7H3,(H,30,33)/t23-,24+,25-/m1/s1. The van der Waals surface area contributed by atoms with Gasteiger partial charge in [0.2, 0.25) is 0 Å². The number of likely N-dealkylation sites (tertiary alicyclic amines) is 1. The van der Waals surface area contributed by atoms with Crippen molar-refractivity contribution >= 4 is 30.9 Å². The molecule has 0 aliphatic carbocycles. The minimum Gasteiger partial charge on any atom is -0.450 e. The van der Waals surface area contributed by atoms with Crippen LogP contribution >= 0.6 is 0 Å². The minimum atomic E-state index is -2.94. The highest BCUT2D eigenvalue weighted by atomic mass is 28.4. The largest absolute Gasteiger partial charge is 0.450 e. The molecule has 208 valence electrons. The van der Waals surface area contributed by atoms with E-state index < -0.39 is 44.3 Å². The third-order valence-electron chi connectivity index (χ3n) is 6.69. The van der Waals surface area contributed by atoms with Crippen LogP contribution in [0, 0.1) is 0 Å². The van der Waals surface area contributed by atoms with Gasteiger partial charge in [-0.1, -0.05) is 81.4 Å². The van der Waals surface area contributed by atoms with Gasteiger partial charge in [-0.15, -0.1) is 0 Å². The molecule has 1 saturated heterocycles. The molecule has 2 N–H and O–H groups in total. The topological polar surface area (TPSA) is 97.3 Å². The average molecular weight is 543 g/mol. The zero-order valence-corrected chi connectivity index (χ0v) is 24.6. The van der Waals surface area contributed by atoms with Gasteiger partial charge >= 0.3 is 12.2 Å². The van der Waals surface area contributed by atoms with Crippen molar-refractivity contribution in [2.45, 2.75) is 77.3 Å². The summed E-state index contributed by atoms with van der Waals surface area (Å²) < 4.78 is 17.8. The quantitative estimate of drug-likeness (QED) is 0.519. The Morgan fingerprint density at radius 1 is 0.974 bits per heavy atom. The van der Waals surface area contributed by atoms with Crippen LogP contribution in [-0.2, 0) is 13.9 Å². The van der Waals surface area contributed by atoms with Crippen LogP contribution in [0.2, 0.25) is 5.04 Å². The van der Waals surface area contributed by atoms with E-state index >= 15 is 0 Å². The lowest BCUT2D eigenvalue weighted by Gasteiger charge is -2.44. The van der Waals surface area contributed by atoms with Crippen molar-refractivity contribution < 1.29 is 28.6 Å². The number of amides is 2. The van der Waals surface area contributed by atoms with Gasteiger partial charge in [0, 0.05) is 0 Å². The van der Waals surface area contributed by atoms with Crippen molar-refractivity contribution in [3.8, 4) is 0 Å². The van der Waals surface area contributed by atoms with Crippen LogP contribution < -0.4 is 15.7 Å². The lowest BCUT2D eigenvalue weighted by atomic mass is 10.1. The van der Waals surface area contributed by atoms with Gasteiger partial charge in [0.15, 0.2) is 0 Å². The number of rotatable bonds is 7. The molecule has 0 saturated carbocycles. The van der Waals surface area contributed by atoms with Crippen molar-refractivity contribution in [3.05, 3.63) is 60.7 Å². The van der Waals surface area contributed by atoms with Crippen molar-refractivity contribution in [2.75, 3.05) is 19.8 Å². The Balaban J connectivity index is 2.05. The number of alkyl carbamates (subject to hydrolysis) is 1. The van der Waals surface area contributed by atoms with E-state index in [1.807, 2.05) is 36.4 Å². The van der Waals surface area contributed by atoms with Gasteiger partial charge in [0.1, 0.15) is 5.60 Å². The molecule has 0 unspecified atom stereocenters. The second-order valence-electron chi connectivity index (χ2n) is 11.6. The summed E-state index contributed by atoms with van der Waals surface area (Å²) in [7, 11) is -2.94. The van der Waals surface area contributed by atoms with Crippen LogP contribution in [-0.4, -0.2) is 74.1 Å². The van der Waals surface area contributed by atoms with Gasteiger partial charge in [0.05, 0.1) is 37.9 Å². The summed E-state index contributed by atoms with van der Waals surface area (Å²) in [5, 5.41) is 15.6. The smallest absolute Gasteiger partial charge is 0.410 e. The van der Waals surface area contributed by atoms with E-state index in [1.165, 1.54) is 4.90 Å². The number of β-amino-alcohol motifs (C(OH)–C–C–N with tert-alkyl or cyclic N) is 1. The van der Waals surface area contributed by atoms with E-state index in [0.717, 1.165) is 10.4 Å². The maximum absolute atomic E-state index is 13.2. The molecule has 1 aliphatic heterocycles. The van der Waals surface area contributed by atoms with Gasteiger partial charge in [-0.2, -0.15) is 0 Å². The van der Waals surface area contributed by atoms with Crippen molar-refractivity contribution in [1.82, 2.24) is 10.2 Å². The number of benzene rings is 2. The Labute approximate surface area is 227 Å². The minimum absolute atomic E-state index is 0.000753. The van der Waals surface area contributed by atoms with E-state index in [4.69, 9.17) is 13.9 Å². The number of nitrogens with zero attached hydrogens (tertiary/aromatic N) is 1. The molecule has 1 heterocycles. The molecule has 3 atom stereocenters. The summed E-state index contributed by atoms with van der Waals surface area (Å²) >= 11 is 0. The highest BCUT2D eigenvalue weighted by Gasteiger charge is 2.53. The first-order valence-electron chi connectivity index (χ1n) is 13.2. The van der Waals surface area contributed by atoms with E-state index in [1.54, 1.807) is 27.7 Å². The Bertz CT molecular complexity index is 1030. The lowest BCUT2D eigenvalue weighted by molar-refractivity contribution is 0.0160. The maximum Gasteiger partial charge on any atom is 0.410 e. The predicted molar refractivity (Wildman–Crippen MR) is 150 cm³/mol. The van der Waals surface area contributed by atoms with Crippen LogP contribution in [0.4, 0.5) is 9.59 Å². The van der Waals surface area contributed by atoms with Crippen molar-refractivity contribution in [2.24, 2.45) is 0 Å². The number of carbonyl (C=O) groups excluding carboxylic acids is 2. The molecule has 0 aromatic heterocycles. The summed E-state index contributed by atoms with van der Waals surface area (Å²) in [6, 6.07) is 18.9. The summed E-state index contributed by atoms with van der Waals surface area (Å²) in [6.45, 7) is 13.9. The van der Waals surface area contributed by atoms with Gasteiger partial charge in [0.25, 0.3) is 8.32 Å². The molecule has 9 heteroatoms. The Morgan fingerprint density at radius 2 is 1.50 bits per heavy atom. The first kappa shape index (κ1) is 29.7. The molecular weight excluding hydrogens is 500 g/mol. The highest BCUT2D eigenvalue weighted by molar-refractivity contribution is 6.99.